The lowest BCUT2D eigenvalue weighted by atomic mass is 10.0. The fraction of sp³-hybridized carbons (Fsp3) is 0.458. The van der Waals surface area contributed by atoms with Crippen LogP contribution in [0.5, 0.6) is 5.75 Å². The minimum absolute atomic E-state index is 0.0428. The zero-order valence-electron chi connectivity index (χ0n) is 19.5. The summed E-state index contributed by atoms with van der Waals surface area (Å²) in [5.41, 5.74) is 1.99. The summed E-state index contributed by atoms with van der Waals surface area (Å²) in [6.07, 6.45) is 1.76. The molecule has 1 unspecified atom stereocenters. The van der Waals surface area contributed by atoms with Gasteiger partial charge in [-0.1, -0.05) is 26.0 Å². The number of hydrogen-bond acceptors (Lipinski definition) is 6. The van der Waals surface area contributed by atoms with Crippen molar-refractivity contribution in [2.45, 2.75) is 46.7 Å². The number of hydrogen-bond donors (Lipinski definition) is 1. The van der Waals surface area contributed by atoms with Crippen LogP contribution in [0, 0.1) is 13.8 Å². The molecule has 0 fully saturated rings. The summed E-state index contributed by atoms with van der Waals surface area (Å²) in [7, 11) is 1.65. The largest absolute Gasteiger partial charge is 0.497 e. The van der Waals surface area contributed by atoms with Crippen molar-refractivity contribution in [3.05, 3.63) is 57.0 Å². The average Bonchev–Trinajstić information content (AvgIpc) is 3.10. The Labute approximate surface area is 193 Å². The highest BCUT2D eigenvalue weighted by molar-refractivity contribution is 7.18. The van der Waals surface area contributed by atoms with Gasteiger partial charge < -0.3 is 10.1 Å². The maximum absolute atomic E-state index is 12.8. The Morgan fingerprint density at radius 3 is 2.72 bits per heavy atom. The van der Waals surface area contributed by atoms with Gasteiger partial charge in [-0.2, -0.15) is 0 Å². The minimum Gasteiger partial charge on any atom is -0.497 e. The van der Waals surface area contributed by atoms with E-state index in [0.717, 1.165) is 39.7 Å². The van der Waals surface area contributed by atoms with E-state index in [1.54, 1.807) is 13.4 Å². The number of thiophene rings is 1. The smallest absolute Gasteiger partial charge is 0.262 e. The third kappa shape index (κ3) is 5.19. The lowest BCUT2D eigenvalue weighted by Crippen LogP contribution is -2.38. The predicted octanol–water partition coefficient (Wildman–Crippen LogP) is 3.67. The number of fused-ring (bicyclic) bond motifs is 1. The van der Waals surface area contributed by atoms with Gasteiger partial charge in [0, 0.05) is 24.4 Å². The molecule has 1 atom stereocenters. The Bertz CT molecular complexity index is 1130. The standard InChI is InChI=1S/C24H32N4O3S/c1-6-27(7-2)20(18-9-8-10-19(13-18)31-5)14-25-21(29)11-12-28-15-26-23-22(24(28)30)16(3)17(4)32-23/h8-10,13,15,20H,6-7,11-12,14H2,1-5H3,(H,25,29). The molecule has 0 aliphatic carbocycles. The number of aromatic nitrogens is 2. The molecule has 3 rings (SSSR count). The van der Waals surface area contributed by atoms with E-state index in [-0.39, 0.29) is 23.9 Å². The molecule has 7 nitrogen and oxygen atoms in total. The van der Waals surface area contributed by atoms with Crippen LogP contribution in [-0.4, -0.2) is 47.1 Å². The first-order chi connectivity index (χ1) is 15.4. The summed E-state index contributed by atoms with van der Waals surface area (Å²) in [4.78, 5) is 34.0. The van der Waals surface area contributed by atoms with Crippen molar-refractivity contribution >= 4 is 27.5 Å². The first-order valence-electron chi connectivity index (χ1n) is 11.0. The van der Waals surface area contributed by atoms with Crippen LogP contribution in [0.3, 0.4) is 0 Å². The molecule has 0 saturated carbocycles. The van der Waals surface area contributed by atoms with Crippen molar-refractivity contribution in [2.75, 3.05) is 26.7 Å². The number of likely N-dealkylation sites (N-methyl/N-ethyl adjacent to an activating group) is 1. The molecule has 1 amide bonds. The highest BCUT2D eigenvalue weighted by atomic mass is 32.1. The van der Waals surface area contributed by atoms with Crippen LogP contribution in [0.25, 0.3) is 10.2 Å². The SMILES string of the molecule is CCN(CC)C(CNC(=O)CCn1cnc2sc(C)c(C)c2c1=O)c1cccc(OC)c1. The second kappa shape index (κ2) is 10.7. The van der Waals surface area contributed by atoms with Crippen LogP contribution in [0.1, 0.15) is 42.3 Å². The molecule has 2 heterocycles. The monoisotopic (exact) mass is 456 g/mol. The molecule has 2 aromatic heterocycles. The van der Waals surface area contributed by atoms with Crippen LogP contribution in [-0.2, 0) is 11.3 Å². The van der Waals surface area contributed by atoms with E-state index in [9.17, 15) is 9.59 Å². The number of rotatable bonds is 10. The normalized spacial score (nSPS) is 12.3. The number of carbonyl (C=O) groups excluding carboxylic acids is 1. The first kappa shape index (κ1) is 23.9. The predicted molar refractivity (Wildman–Crippen MR) is 130 cm³/mol. The Hall–Kier alpha value is -2.71. The van der Waals surface area contributed by atoms with Crippen LogP contribution in [0.4, 0.5) is 0 Å². The van der Waals surface area contributed by atoms with Gasteiger partial charge in [-0.05, 0) is 50.2 Å². The molecule has 0 aliphatic rings. The molecule has 32 heavy (non-hydrogen) atoms. The highest BCUT2D eigenvalue weighted by Crippen LogP contribution is 2.26. The lowest BCUT2D eigenvalue weighted by Gasteiger charge is -2.30. The molecule has 8 heteroatoms. The molecule has 1 aromatic carbocycles. The highest BCUT2D eigenvalue weighted by Gasteiger charge is 2.20. The summed E-state index contributed by atoms with van der Waals surface area (Å²) in [6, 6.07) is 8.00. The third-order valence-corrected chi connectivity index (χ3v) is 7.08. The zero-order valence-corrected chi connectivity index (χ0v) is 20.3. The number of aryl methyl sites for hydroxylation is 3. The molecule has 3 aromatic rings. The van der Waals surface area contributed by atoms with Gasteiger partial charge >= 0.3 is 0 Å². The van der Waals surface area contributed by atoms with E-state index in [1.807, 2.05) is 32.0 Å². The summed E-state index contributed by atoms with van der Waals surface area (Å²) in [5.74, 6) is 0.711. The van der Waals surface area contributed by atoms with Gasteiger partial charge in [-0.15, -0.1) is 11.3 Å². The number of carbonyl (C=O) groups is 1. The van der Waals surface area contributed by atoms with Crippen molar-refractivity contribution < 1.29 is 9.53 Å². The van der Waals surface area contributed by atoms with Gasteiger partial charge in [-0.3, -0.25) is 19.1 Å². The van der Waals surface area contributed by atoms with E-state index in [0.29, 0.717) is 18.5 Å². The topological polar surface area (TPSA) is 76.5 Å². The maximum Gasteiger partial charge on any atom is 0.262 e. The van der Waals surface area contributed by atoms with E-state index in [2.05, 4.69) is 35.1 Å². The summed E-state index contributed by atoms with van der Waals surface area (Å²) in [6.45, 7) is 10.7. The maximum atomic E-state index is 12.8. The van der Waals surface area contributed by atoms with E-state index < -0.39 is 0 Å². The van der Waals surface area contributed by atoms with Gasteiger partial charge in [-0.25, -0.2) is 4.98 Å². The minimum atomic E-state index is -0.0877. The number of nitrogens with zero attached hydrogens (tertiary/aromatic N) is 3. The molecule has 0 aliphatic heterocycles. The van der Waals surface area contributed by atoms with Gasteiger partial charge in [0.25, 0.3) is 5.56 Å². The zero-order chi connectivity index (χ0) is 23.3. The van der Waals surface area contributed by atoms with Gasteiger partial charge in [0.05, 0.1) is 24.9 Å². The fourth-order valence-electron chi connectivity index (χ4n) is 3.92. The second-order valence-corrected chi connectivity index (χ2v) is 8.98. The Kier molecular flexibility index (Phi) is 8.04. The first-order valence-corrected chi connectivity index (χ1v) is 11.8. The van der Waals surface area contributed by atoms with Crippen molar-refractivity contribution in [1.82, 2.24) is 19.8 Å². The molecule has 0 radical (unpaired) electrons. The number of methoxy groups -OCH3 is 1. The molecule has 1 N–H and O–H groups in total. The van der Waals surface area contributed by atoms with Crippen molar-refractivity contribution in [2.24, 2.45) is 0 Å². The van der Waals surface area contributed by atoms with Gasteiger partial charge in [0.15, 0.2) is 0 Å². The molecular formula is C24H32N4O3S. The van der Waals surface area contributed by atoms with E-state index in [1.165, 1.54) is 15.9 Å². The third-order valence-electron chi connectivity index (χ3n) is 5.96. The average molecular weight is 457 g/mol. The van der Waals surface area contributed by atoms with E-state index in [4.69, 9.17) is 4.74 Å². The Balaban J connectivity index is 1.68. The van der Waals surface area contributed by atoms with Crippen LogP contribution in [0.2, 0.25) is 0 Å². The van der Waals surface area contributed by atoms with Gasteiger partial charge in [0.2, 0.25) is 5.91 Å². The molecule has 0 saturated heterocycles. The second-order valence-electron chi connectivity index (χ2n) is 7.77. The van der Waals surface area contributed by atoms with Crippen LogP contribution < -0.4 is 15.6 Å². The van der Waals surface area contributed by atoms with Crippen molar-refractivity contribution in [1.29, 1.82) is 0 Å². The van der Waals surface area contributed by atoms with Gasteiger partial charge in [0.1, 0.15) is 10.6 Å². The van der Waals surface area contributed by atoms with Crippen molar-refractivity contribution in [3.63, 3.8) is 0 Å². The lowest BCUT2D eigenvalue weighted by molar-refractivity contribution is -0.121. The van der Waals surface area contributed by atoms with Crippen LogP contribution in [0.15, 0.2) is 35.4 Å². The summed E-state index contributed by atoms with van der Waals surface area (Å²) < 4.78 is 6.91. The Morgan fingerprint density at radius 2 is 2.03 bits per heavy atom. The van der Waals surface area contributed by atoms with E-state index >= 15 is 0 Å². The molecule has 172 valence electrons. The Morgan fingerprint density at radius 1 is 1.28 bits per heavy atom. The molecule has 0 bridgehead atoms. The number of nitrogens with one attached hydrogen (secondary N) is 1. The fourth-order valence-corrected chi connectivity index (χ4v) is 4.91. The summed E-state index contributed by atoms with van der Waals surface area (Å²) >= 11 is 1.53. The number of ether oxygens (including phenoxy) is 1. The van der Waals surface area contributed by atoms with Crippen molar-refractivity contribution in [3.8, 4) is 5.75 Å². The number of benzene rings is 1. The molecular weight excluding hydrogens is 424 g/mol. The summed E-state index contributed by atoms with van der Waals surface area (Å²) in [5, 5.41) is 3.72. The quantitative estimate of drug-likeness (QED) is 0.504. The molecule has 0 spiro atoms. The van der Waals surface area contributed by atoms with Crippen LogP contribution >= 0.6 is 11.3 Å². The number of amides is 1.